The molecule has 6 nitrogen and oxygen atoms in total. The lowest BCUT2D eigenvalue weighted by atomic mass is 9.98. The Morgan fingerprint density at radius 3 is 2.30 bits per heavy atom. The van der Waals surface area contributed by atoms with Crippen molar-refractivity contribution in [2.75, 3.05) is 0 Å². The normalized spacial score (nSPS) is 11.3. The van der Waals surface area contributed by atoms with Gasteiger partial charge in [-0.1, -0.05) is 65.8 Å². The quantitative estimate of drug-likeness (QED) is 0.387. The summed E-state index contributed by atoms with van der Waals surface area (Å²) >= 11 is 0. The minimum atomic E-state index is -0.523. The number of ether oxygens (including phenoxy) is 1. The molecule has 0 saturated heterocycles. The summed E-state index contributed by atoms with van der Waals surface area (Å²) in [5.41, 5.74) is 5.63. The molecule has 0 bridgehead atoms. The predicted molar refractivity (Wildman–Crippen MR) is 128 cm³/mol. The maximum Gasteiger partial charge on any atom is 0.407 e. The molecule has 0 saturated carbocycles. The maximum absolute atomic E-state index is 11.8. The highest BCUT2D eigenvalue weighted by Crippen LogP contribution is 2.29. The van der Waals surface area contributed by atoms with Gasteiger partial charge in [0.15, 0.2) is 0 Å². The summed E-state index contributed by atoms with van der Waals surface area (Å²) in [7, 11) is 0. The summed E-state index contributed by atoms with van der Waals surface area (Å²) in [6.45, 7) is 7.95. The molecule has 0 radical (unpaired) electrons. The molecule has 4 aromatic rings. The molecule has 0 atom stereocenters. The highest BCUT2D eigenvalue weighted by molar-refractivity contribution is 5.71. The first kappa shape index (κ1) is 22.3. The molecule has 168 valence electrons. The largest absolute Gasteiger partial charge is 0.444 e. The van der Waals surface area contributed by atoms with E-state index >= 15 is 0 Å². The Kier molecular flexibility index (Phi) is 6.27. The smallest absolute Gasteiger partial charge is 0.407 e. The topological polar surface area (TPSA) is 77.2 Å². The number of hydrogen-bond acceptors (Lipinski definition) is 5. The first-order valence-electron chi connectivity index (χ1n) is 10.8. The van der Waals surface area contributed by atoms with Gasteiger partial charge in [0.05, 0.1) is 0 Å². The molecule has 0 spiro atoms. The highest BCUT2D eigenvalue weighted by atomic mass is 16.6. The summed E-state index contributed by atoms with van der Waals surface area (Å²) in [5, 5.41) is 6.89. The van der Waals surface area contributed by atoms with E-state index in [1.807, 2.05) is 69.3 Å². The Bertz CT molecular complexity index is 1240. The first-order valence-corrected chi connectivity index (χ1v) is 10.8. The Balaban J connectivity index is 1.44. The summed E-state index contributed by atoms with van der Waals surface area (Å²) < 4.78 is 10.8. The van der Waals surface area contributed by atoms with Crippen LogP contribution in [0.1, 0.15) is 31.9 Å². The number of benzene rings is 3. The third kappa shape index (κ3) is 5.66. The molecule has 6 heteroatoms. The number of hydrogen-bond donors (Lipinski definition) is 1. The van der Waals surface area contributed by atoms with Crippen LogP contribution in [0.15, 0.2) is 77.3 Å². The number of carbonyl (C=O) groups is 1. The predicted octanol–water partition coefficient (Wildman–Crippen LogP) is 6.40. The lowest BCUT2D eigenvalue weighted by Gasteiger charge is -2.19. The number of carbonyl (C=O) groups excluding carboxylic acids is 1. The molecule has 1 aromatic heterocycles. The van der Waals surface area contributed by atoms with Gasteiger partial charge in [0.2, 0.25) is 5.82 Å². The molecule has 0 aliphatic rings. The second kappa shape index (κ2) is 9.28. The molecule has 3 aromatic carbocycles. The molecule has 1 N–H and O–H groups in total. The zero-order valence-electron chi connectivity index (χ0n) is 19.3. The van der Waals surface area contributed by atoms with E-state index in [9.17, 15) is 4.79 Å². The Hall–Kier alpha value is -3.93. The number of aryl methyl sites for hydroxylation is 1. The SMILES string of the molecule is Cc1cc(-c2nc(-c3ccc(CNC(=O)OC(C)(C)C)cc3)no2)ccc1-c1ccccc1. The van der Waals surface area contributed by atoms with Gasteiger partial charge in [-0.25, -0.2) is 4.79 Å². The average molecular weight is 442 g/mol. The molecule has 4 rings (SSSR count). The van der Waals surface area contributed by atoms with Crippen LogP contribution >= 0.6 is 0 Å². The van der Waals surface area contributed by atoms with Gasteiger partial charge in [-0.15, -0.1) is 0 Å². The van der Waals surface area contributed by atoms with Gasteiger partial charge in [0, 0.05) is 17.7 Å². The van der Waals surface area contributed by atoms with E-state index in [0.29, 0.717) is 18.3 Å². The molecule has 33 heavy (non-hydrogen) atoms. The van der Waals surface area contributed by atoms with Gasteiger partial charge in [0.25, 0.3) is 5.89 Å². The number of aromatic nitrogens is 2. The van der Waals surface area contributed by atoms with E-state index < -0.39 is 11.7 Å². The van der Waals surface area contributed by atoms with Gasteiger partial charge in [-0.2, -0.15) is 4.98 Å². The van der Waals surface area contributed by atoms with Crippen LogP contribution in [0.5, 0.6) is 0 Å². The van der Waals surface area contributed by atoms with Gasteiger partial charge >= 0.3 is 6.09 Å². The van der Waals surface area contributed by atoms with E-state index in [0.717, 1.165) is 22.3 Å². The lowest BCUT2D eigenvalue weighted by Crippen LogP contribution is -2.32. The van der Waals surface area contributed by atoms with Crippen molar-refractivity contribution in [2.24, 2.45) is 0 Å². The van der Waals surface area contributed by atoms with Crippen LogP contribution in [0.4, 0.5) is 4.79 Å². The van der Waals surface area contributed by atoms with Crippen LogP contribution in [0.25, 0.3) is 34.0 Å². The minimum absolute atomic E-state index is 0.375. The van der Waals surface area contributed by atoms with Crippen LogP contribution in [0, 0.1) is 6.92 Å². The van der Waals surface area contributed by atoms with Crippen LogP contribution in [-0.4, -0.2) is 21.8 Å². The standard InChI is InChI=1S/C27H27N3O3/c1-18-16-22(14-15-23(18)20-8-6-5-7-9-20)25-29-24(30-33-25)21-12-10-19(11-13-21)17-28-26(31)32-27(2,3)4/h5-16H,17H2,1-4H3,(H,28,31). The number of nitrogens with one attached hydrogen (secondary N) is 1. The zero-order valence-corrected chi connectivity index (χ0v) is 19.3. The summed E-state index contributed by atoms with van der Waals surface area (Å²) in [4.78, 5) is 16.4. The van der Waals surface area contributed by atoms with Crippen molar-refractivity contribution in [1.82, 2.24) is 15.5 Å². The molecule has 0 unspecified atom stereocenters. The third-order valence-corrected chi connectivity index (χ3v) is 5.03. The third-order valence-electron chi connectivity index (χ3n) is 5.03. The van der Waals surface area contributed by atoms with Gasteiger partial charge in [-0.05, 0) is 62.1 Å². The fraction of sp³-hybridized carbons (Fsp3) is 0.222. The van der Waals surface area contributed by atoms with Crippen molar-refractivity contribution in [3.8, 4) is 34.0 Å². The van der Waals surface area contributed by atoms with Crippen LogP contribution in [0.2, 0.25) is 0 Å². The van der Waals surface area contributed by atoms with E-state index in [1.54, 1.807) is 0 Å². The number of nitrogens with zero attached hydrogens (tertiary/aromatic N) is 2. The highest BCUT2D eigenvalue weighted by Gasteiger charge is 2.16. The second-order valence-corrected chi connectivity index (χ2v) is 8.87. The van der Waals surface area contributed by atoms with Gasteiger partial charge in [-0.3, -0.25) is 0 Å². The fourth-order valence-electron chi connectivity index (χ4n) is 3.46. The van der Waals surface area contributed by atoms with Gasteiger partial charge in [0.1, 0.15) is 5.60 Å². The minimum Gasteiger partial charge on any atom is -0.444 e. The van der Waals surface area contributed by atoms with Crippen LogP contribution < -0.4 is 5.32 Å². The van der Waals surface area contributed by atoms with Gasteiger partial charge < -0.3 is 14.6 Å². The molecule has 1 heterocycles. The van der Waals surface area contributed by atoms with Crippen molar-refractivity contribution in [1.29, 1.82) is 0 Å². The summed E-state index contributed by atoms with van der Waals surface area (Å²) in [5.74, 6) is 0.991. The van der Waals surface area contributed by atoms with Crippen LogP contribution in [-0.2, 0) is 11.3 Å². The number of amides is 1. The van der Waals surface area contributed by atoms with E-state index in [4.69, 9.17) is 9.26 Å². The Morgan fingerprint density at radius 2 is 1.64 bits per heavy atom. The van der Waals surface area contributed by atoms with E-state index in [-0.39, 0.29) is 0 Å². The monoisotopic (exact) mass is 441 g/mol. The molecule has 0 fully saturated rings. The first-order chi connectivity index (χ1) is 15.8. The Morgan fingerprint density at radius 1 is 0.939 bits per heavy atom. The van der Waals surface area contributed by atoms with Crippen molar-refractivity contribution in [3.63, 3.8) is 0 Å². The zero-order chi connectivity index (χ0) is 23.4. The van der Waals surface area contributed by atoms with E-state index in [1.165, 1.54) is 11.1 Å². The molecule has 0 aliphatic carbocycles. The molecular weight excluding hydrogens is 414 g/mol. The van der Waals surface area contributed by atoms with Crippen LogP contribution in [0.3, 0.4) is 0 Å². The van der Waals surface area contributed by atoms with Crippen molar-refractivity contribution in [2.45, 2.75) is 39.8 Å². The molecular formula is C27H27N3O3. The average Bonchev–Trinajstić information content (AvgIpc) is 3.28. The van der Waals surface area contributed by atoms with E-state index in [2.05, 4.69) is 46.6 Å². The second-order valence-electron chi connectivity index (χ2n) is 8.87. The molecule has 1 amide bonds. The fourth-order valence-corrected chi connectivity index (χ4v) is 3.46. The summed E-state index contributed by atoms with van der Waals surface area (Å²) in [6, 6.07) is 24.1. The molecule has 0 aliphatic heterocycles. The number of rotatable bonds is 5. The van der Waals surface area contributed by atoms with Crippen molar-refractivity contribution < 1.29 is 14.1 Å². The van der Waals surface area contributed by atoms with Crippen molar-refractivity contribution >= 4 is 6.09 Å². The maximum atomic E-state index is 11.8. The lowest BCUT2D eigenvalue weighted by molar-refractivity contribution is 0.0523. The number of alkyl carbamates (subject to hydrolysis) is 1. The van der Waals surface area contributed by atoms with Crippen molar-refractivity contribution in [3.05, 3.63) is 83.9 Å². The summed E-state index contributed by atoms with van der Waals surface area (Å²) in [6.07, 6.45) is -0.442. The Labute approximate surface area is 193 Å².